The smallest absolute Gasteiger partial charge is 0.271 e. The van der Waals surface area contributed by atoms with Gasteiger partial charge in [-0.15, -0.1) is 0 Å². The maximum absolute atomic E-state index is 12.6. The van der Waals surface area contributed by atoms with Crippen molar-refractivity contribution in [2.45, 2.75) is 20.1 Å². The van der Waals surface area contributed by atoms with Gasteiger partial charge >= 0.3 is 0 Å². The molecule has 0 aromatic heterocycles. The minimum atomic E-state index is -3.50. The van der Waals surface area contributed by atoms with Gasteiger partial charge in [-0.3, -0.25) is 9.10 Å². The Morgan fingerprint density at radius 3 is 2.34 bits per heavy atom. The van der Waals surface area contributed by atoms with Gasteiger partial charge in [0, 0.05) is 10.6 Å². The third kappa shape index (κ3) is 8.57. The van der Waals surface area contributed by atoms with Crippen LogP contribution in [-0.4, -0.2) is 33.4 Å². The first-order valence-electron chi connectivity index (χ1n) is 12.8. The van der Waals surface area contributed by atoms with Crippen molar-refractivity contribution in [3.8, 4) is 11.5 Å². The van der Waals surface area contributed by atoms with E-state index in [9.17, 15) is 13.2 Å². The largest absolute Gasteiger partial charge is 0.490 e. The summed E-state index contributed by atoms with van der Waals surface area (Å²) in [6.07, 6.45) is 2.68. The molecule has 0 radical (unpaired) electrons. The van der Waals surface area contributed by atoms with Crippen LogP contribution in [0.4, 0.5) is 5.69 Å². The van der Waals surface area contributed by atoms with Gasteiger partial charge in [0.15, 0.2) is 11.5 Å². The van der Waals surface area contributed by atoms with E-state index in [0.29, 0.717) is 46.5 Å². The normalized spacial score (nSPS) is 11.3. The molecule has 0 unspecified atom stereocenters. The number of anilines is 1. The number of hydrogen-bond acceptors (Lipinski definition) is 6. The van der Waals surface area contributed by atoms with E-state index in [0.717, 1.165) is 11.1 Å². The van der Waals surface area contributed by atoms with E-state index < -0.39 is 15.9 Å². The van der Waals surface area contributed by atoms with E-state index in [2.05, 4.69) is 10.5 Å². The van der Waals surface area contributed by atoms with Crippen LogP contribution in [0.3, 0.4) is 0 Å². The highest BCUT2D eigenvalue weighted by Crippen LogP contribution is 2.29. The van der Waals surface area contributed by atoms with Gasteiger partial charge in [-0.05, 0) is 78.2 Å². The Balaban J connectivity index is 1.37. The first-order chi connectivity index (χ1) is 19.7. The molecule has 0 spiro atoms. The number of carbonyl (C=O) groups excluding carboxylic acids is 1. The predicted octanol–water partition coefficient (Wildman–Crippen LogP) is 6.05. The zero-order valence-electron chi connectivity index (χ0n) is 22.7. The Morgan fingerprint density at radius 2 is 1.66 bits per heavy atom. The molecule has 0 aliphatic heterocycles. The molecule has 0 aliphatic carbocycles. The lowest BCUT2D eigenvalue weighted by Gasteiger charge is -2.22. The molecule has 0 saturated carbocycles. The molecule has 0 atom stereocenters. The Bertz CT molecular complexity index is 1610. The van der Waals surface area contributed by atoms with E-state index in [-0.39, 0.29) is 6.54 Å². The van der Waals surface area contributed by atoms with Crippen molar-refractivity contribution in [2.75, 3.05) is 17.2 Å². The first kappa shape index (κ1) is 29.6. The van der Waals surface area contributed by atoms with Crippen molar-refractivity contribution in [2.24, 2.45) is 5.10 Å². The average molecular weight is 592 g/mol. The lowest BCUT2D eigenvalue weighted by molar-refractivity contribution is 0.0955. The Hall–Kier alpha value is -4.34. The Morgan fingerprint density at radius 1 is 0.902 bits per heavy atom. The van der Waals surface area contributed by atoms with E-state index in [1.54, 1.807) is 72.8 Å². The van der Waals surface area contributed by atoms with Crippen molar-refractivity contribution >= 4 is 39.4 Å². The van der Waals surface area contributed by atoms with Crippen molar-refractivity contribution in [3.05, 3.63) is 124 Å². The van der Waals surface area contributed by atoms with Crippen LogP contribution in [0.25, 0.3) is 0 Å². The van der Waals surface area contributed by atoms with Gasteiger partial charge in [0.05, 0.1) is 31.3 Å². The molecule has 0 fully saturated rings. The molecule has 10 heteroatoms. The van der Waals surface area contributed by atoms with Crippen molar-refractivity contribution in [1.29, 1.82) is 0 Å². The molecule has 1 N–H and O–H groups in total. The summed E-state index contributed by atoms with van der Waals surface area (Å²) >= 11 is 6.05. The standard InChI is InChI=1S/C31H30ClN3O5S/c1-3-39-30-19-24(14-17-29(30)40-22-25-8-7-9-27(32)18-25)20-33-34-31(36)26-15-12-23(13-16-26)21-35(41(2,37)38)28-10-5-4-6-11-28/h4-20H,3,21-22H2,1-2H3,(H,34,36)/b33-20-. The summed E-state index contributed by atoms with van der Waals surface area (Å²) in [5.74, 6) is 0.733. The van der Waals surface area contributed by atoms with Crippen LogP contribution in [0.15, 0.2) is 102 Å². The third-order valence-electron chi connectivity index (χ3n) is 5.92. The van der Waals surface area contributed by atoms with Crippen LogP contribution in [0.5, 0.6) is 11.5 Å². The zero-order valence-corrected chi connectivity index (χ0v) is 24.2. The van der Waals surface area contributed by atoms with Crippen LogP contribution in [-0.2, 0) is 23.2 Å². The van der Waals surface area contributed by atoms with Gasteiger partial charge in [0.1, 0.15) is 6.61 Å². The number of ether oxygens (including phenoxy) is 2. The second-order valence-corrected chi connectivity index (χ2v) is 11.4. The summed E-state index contributed by atoms with van der Waals surface area (Å²) in [6, 6.07) is 28.4. The number of sulfonamides is 1. The number of halogens is 1. The molecule has 8 nitrogen and oxygen atoms in total. The minimum Gasteiger partial charge on any atom is -0.490 e. The van der Waals surface area contributed by atoms with Crippen molar-refractivity contribution < 1.29 is 22.7 Å². The average Bonchev–Trinajstić information content (AvgIpc) is 2.96. The summed E-state index contributed by atoms with van der Waals surface area (Å²) in [5, 5.41) is 4.71. The van der Waals surface area contributed by atoms with Gasteiger partial charge in [0.2, 0.25) is 10.0 Å². The molecule has 41 heavy (non-hydrogen) atoms. The fourth-order valence-corrected chi connectivity index (χ4v) is 5.03. The van der Waals surface area contributed by atoms with Crippen LogP contribution < -0.4 is 19.2 Å². The summed E-state index contributed by atoms with van der Waals surface area (Å²) in [4.78, 5) is 12.6. The van der Waals surface area contributed by atoms with Crippen molar-refractivity contribution in [3.63, 3.8) is 0 Å². The predicted molar refractivity (Wildman–Crippen MR) is 162 cm³/mol. The number of hydrazone groups is 1. The SMILES string of the molecule is CCOc1cc(/C=N\NC(=O)c2ccc(CN(c3ccccc3)S(C)(=O)=O)cc2)ccc1OCc1cccc(Cl)c1. The number of benzene rings is 4. The van der Waals surface area contributed by atoms with E-state index in [4.69, 9.17) is 21.1 Å². The highest BCUT2D eigenvalue weighted by molar-refractivity contribution is 7.92. The summed E-state index contributed by atoms with van der Waals surface area (Å²) in [6.45, 7) is 2.81. The van der Waals surface area contributed by atoms with Gasteiger partial charge < -0.3 is 9.47 Å². The molecule has 1 amide bonds. The van der Waals surface area contributed by atoms with Crippen LogP contribution in [0.2, 0.25) is 5.02 Å². The summed E-state index contributed by atoms with van der Waals surface area (Å²) in [7, 11) is -3.50. The second-order valence-electron chi connectivity index (χ2n) is 9.06. The molecule has 0 saturated heterocycles. The number of carbonyl (C=O) groups is 1. The van der Waals surface area contributed by atoms with Gasteiger partial charge in [-0.1, -0.05) is 54.1 Å². The van der Waals surface area contributed by atoms with Crippen LogP contribution >= 0.6 is 11.6 Å². The van der Waals surface area contributed by atoms with Gasteiger partial charge in [-0.25, -0.2) is 13.8 Å². The summed E-state index contributed by atoms with van der Waals surface area (Å²) < 4.78 is 37.7. The Kier molecular flexibility index (Phi) is 10.00. The summed E-state index contributed by atoms with van der Waals surface area (Å²) in [5.41, 5.74) is 5.85. The highest BCUT2D eigenvalue weighted by Gasteiger charge is 2.18. The highest BCUT2D eigenvalue weighted by atomic mass is 35.5. The number of nitrogens with one attached hydrogen (secondary N) is 1. The van der Waals surface area contributed by atoms with Gasteiger partial charge in [-0.2, -0.15) is 5.10 Å². The van der Waals surface area contributed by atoms with E-state index in [1.807, 2.05) is 31.2 Å². The topological polar surface area (TPSA) is 97.3 Å². The van der Waals surface area contributed by atoms with Crippen LogP contribution in [0.1, 0.15) is 34.0 Å². The fourth-order valence-electron chi connectivity index (χ4n) is 3.93. The zero-order chi connectivity index (χ0) is 29.2. The number of amides is 1. The molecule has 212 valence electrons. The minimum absolute atomic E-state index is 0.143. The number of nitrogens with zero attached hydrogens (tertiary/aromatic N) is 2. The monoisotopic (exact) mass is 591 g/mol. The number of hydrogen-bond donors (Lipinski definition) is 1. The lowest BCUT2D eigenvalue weighted by Crippen LogP contribution is -2.29. The molecule has 4 aromatic rings. The molecule has 4 aromatic carbocycles. The molecule has 0 heterocycles. The van der Waals surface area contributed by atoms with Crippen molar-refractivity contribution in [1.82, 2.24) is 5.43 Å². The molecule has 0 bridgehead atoms. The Labute approximate surface area is 245 Å². The van der Waals surface area contributed by atoms with E-state index >= 15 is 0 Å². The number of rotatable bonds is 12. The quantitative estimate of drug-likeness (QED) is 0.160. The molecule has 0 aliphatic rings. The second kappa shape index (κ2) is 13.8. The van der Waals surface area contributed by atoms with E-state index in [1.165, 1.54) is 16.8 Å². The lowest BCUT2D eigenvalue weighted by atomic mass is 10.1. The van der Waals surface area contributed by atoms with Crippen LogP contribution in [0, 0.1) is 0 Å². The van der Waals surface area contributed by atoms with Gasteiger partial charge in [0.25, 0.3) is 5.91 Å². The number of para-hydroxylation sites is 1. The molecular formula is C31H30ClN3O5S. The molecular weight excluding hydrogens is 562 g/mol. The molecule has 4 rings (SSSR count). The third-order valence-corrected chi connectivity index (χ3v) is 7.29. The maximum Gasteiger partial charge on any atom is 0.271 e. The first-order valence-corrected chi connectivity index (χ1v) is 15.0. The maximum atomic E-state index is 12.6. The fraction of sp³-hybridized carbons (Fsp3) is 0.161.